The van der Waals surface area contributed by atoms with E-state index in [4.69, 9.17) is 12.2 Å². The lowest BCUT2D eigenvalue weighted by Gasteiger charge is -2.16. The predicted octanol–water partition coefficient (Wildman–Crippen LogP) is 2.95. The van der Waals surface area contributed by atoms with Crippen LogP contribution in [0.5, 0.6) is 0 Å². The van der Waals surface area contributed by atoms with Crippen LogP contribution in [0, 0.1) is 0 Å². The van der Waals surface area contributed by atoms with Crippen molar-refractivity contribution in [2.45, 2.75) is 18.4 Å². The lowest BCUT2D eigenvalue weighted by molar-refractivity contribution is -0.120. The minimum Gasteiger partial charge on any atom is -0.334 e. The summed E-state index contributed by atoms with van der Waals surface area (Å²) >= 11 is 9.56. The van der Waals surface area contributed by atoms with E-state index in [9.17, 15) is 9.59 Å². The van der Waals surface area contributed by atoms with Gasteiger partial charge < -0.3 is 4.90 Å². The molecule has 1 amide bonds. The molecule has 0 bridgehead atoms. The molecule has 0 N–H and O–H groups in total. The number of fused-ring (bicyclic) bond motifs is 1. The van der Waals surface area contributed by atoms with E-state index >= 15 is 0 Å². The molecule has 0 atom stereocenters. The number of rotatable bonds is 5. The molecule has 2 aliphatic heterocycles. The number of thioether (sulfide) groups is 2. The van der Waals surface area contributed by atoms with Gasteiger partial charge in [0.1, 0.15) is 23.4 Å². The molecule has 0 aliphatic carbocycles. The van der Waals surface area contributed by atoms with Crippen LogP contribution in [0.15, 0.2) is 59.3 Å². The zero-order valence-electron chi connectivity index (χ0n) is 16.3. The predicted molar refractivity (Wildman–Crippen MR) is 132 cm³/mol. The fourth-order valence-corrected chi connectivity index (χ4v) is 7.28. The molecule has 0 unspecified atom stereocenters. The van der Waals surface area contributed by atoms with Crippen molar-refractivity contribution >= 4 is 72.9 Å². The van der Waals surface area contributed by atoms with Crippen LogP contribution in [0.25, 0.3) is 9.93 Å². The molecule has 0 radical (unpaired) electrons. The van der Waals surface area contributed by atoms with Crippen molar-refractivity contribution in [3.05, 3.63) is 69.1 Å². The number of para-hydroxylation sites is 1. The van der Waals surface area contributed by atoms with E-state index in [0.717, 1.165) is 22.2 Å². The summed E-state index contributed by atoms with van der Waals surface area (Å²) in [6, 6.07) is 8.12. The van der Waals surface area contributed by atoms with Crippen LogP contribution < -0.4 is 19.7 Å². The first-order chi connectivity index (χ1) is 14.5. The maximum Gasteiger partial charge on any atom is 0.272 e. The van der Waals surface area contributed by atoms with Crippen LogP contribution in [0.1, 0.15) is 6.92 Å². The van der Waals surface area contributed by atoms with Gasteiger partial charge in [0, 0.05) is 24.5 Å². The fraction of sp³-hybridized carbons (Fsp3) is 0.190. The van der Waals surface area contributed by atoms with Crippen molar-refractivity contribution in [3.63, 3.8) is 0 Å². The molecule has 1 aromatic heterocycles. The molecule has 0 spiro atoms. The smallest absolute Gasteiger partial charge is 0.272 e. The second-order valence-electron chi connectivity index (χ2n) is 6.46. The van der Waals surface area contributed by atoms with Gasteiger partial charge in [-0.3, -0.25) is 19.1 Å². The Labute approximate surface area is 192 Å². The number of carbonyl (C=O) groups is 1. The van der Waals surface area contributed by atoms with Gasteiger partial charge in [0.2, 0.25) is 0 Å². The topological polar surface area (TPSA) is 45.6 Å². The maximum atomic E-state index is 13.4. The molecule has 4 rings (SSSR count). The summed E-state index contributed by atoms with van der Waals surface area (Å²) in [5, 5.41) is 0.902. The number of benzene rings is 1. The second-order valence-corrected chi connectivity index (χ2v) is 10.1. The third-order valence-electron chi connectivity index (χ3n) is 4.67. The normalized spacial score (nSPS) is 19.5. The first-order valence-electron chi connectivity index (χ1n) is 9.29. The number of hydrogen-bond donors (Lipinski definition) is 0. The molecule has 2 aliphatic rings. The first-order valence-corrected chi connectivity index (χ1v) is 12.2. The van der Waals surface area contributed by atoms with Crippen molar-refractivity contribution in [3.8, 4) is 0 Å². The largest absolute Gasteiger partial charge is 0.334 e. The second kappa shape index (κ2) is 8.58. The van der Waals surface area contributed by atoms with E-state index in [0.29, 0.717) is 31.5 Å². The minimum atomic E-state index is -0.185. The zero-order chi connectivity index (χ0) is 21.4. The first kappa shape index (κ1) is 21.2. The average Bonchev–Trinajstić information content (AvgIpc) is 3.36. The molecule has 1 aromatic carbocycles. The molecule has 1 saturated heterocycles. The Morgan fingerprint density at radius 1 is 1.07 bits per heavy atom. The molecular weight excluding hydrogens is 455 g/mol. The van der Waals surface area contributed by atoms with Crippen LogP contribution in [0.3, 0.4) is 0 Å². The van der Waals surface area contributed by atoms with E-state index in [1.165, 1.54) is 28.0 Å². The molecule has 5 nitrogen and oxygen atoms in total. The molecule has 154 valence electrons. The monoisotopic (exact) mass is 473 g/mol. The van der Waals surface area contributed by atoms with E-state index in [1.807, 2.05) is 12.1 Å². The van der Waals surface area contributed by atoms with Gasteiger partial charge >= 0.3 is 0 Å². The Morgan fingerprint density at radius 3 is 2.50 bits per heavy atom. The molecule has 0 saturated carbocycles. The number of thiocarbonyl (C=S) groups is 1. The van der Waals surface area contributed by atoms with Gasteiger partial charge in [-0.2, -0.15) is 0 Å². The molecule has 3 heterocycles. The van der Waals surface area contributed by atoms with E-state index in [2.05, 4.69) is 37.1 Å². The summed E-state index contributed by atoms with van der Waals surface area (Å²) in [6.45, 7) is 11.0. The van der Waals surface area contributed by atoms with Gasteiger partial charge in [-0.15, -0.1) is 24.5 Å². The lowest BCUT2D eigenvalue weighted by Crippen LogP contribution is -2.35. The van der Waals surface area contributed by atoms with Gasteiger partial charge in [-0.05, 0) is 19.1 Å². The summed E-state index contributed by atoms with van der Waals surface area (Å²) in [7, 11) is 0. The number of allylic oxidation sites excluding steroid dienone is 1. The number of nitrogens with zero attached hydrogens (tertiary/aromatic N) is 3. The molecule has 1 fully saturated rings. The van der Waals surface area contributed by atoms with E-state index in [1.54, 1.807) is 28.5 Å². The van der Waals surface area contributed by atoms with Gasteiger partial charge in [0.15, 0.2) is 0 Å². The van der Waals surface area contributed by atoms with Crippen molar-refractivity contribution in [2.24, 2.45) is 0 Å². The van der Waals surface area contributed by atoms with Crippen LogP contribution in [0.2, 0.25) is 0 Å². The van der Waals surface area contributed by atoms with E-state index in [-0.39, 0.29) is 11.5 Å². The summed E-state index contributed by atoms with van der Waals surface area (Å²) in [6.07, 6.45) is 3.32. The standard InChI is InChI=1S/C21H19N3O2S4/c1-4-11-23-17(25)15(19-22(6-3)13-9-7-8-10-14(13)28-19)29-20(23)16-18(26)24(12-5-2)21(27)30-16/h4-5,7-10H,1-2,6,11-12H2,3H3/b19-15-,20-16-. The SMILES string of the molecule is C=CCN1C(=O)/C(=c2/s/c(=C3\Sc4ccccc4N3CC)c(=O)n2CC=C)SC1=S. The Kier molecular flexibility index (Phi) is 6.06. The van der Waals surface area contributed by atoms with Crippen LogP contribution in [0.4, 0.5) is 5.69 Å². The Morgan fingerprint density at radius 2 is 1.80 bits per heavy atom. The number of aromatic nitrogens is 1. The maximum absolute atomic E-state index is 13.4. The average molecular weight is 474 g/mol. The van der Waals surface area contributed by atoms with Crippen LogP contribution in [-0.4, -0.2) is 32.8 Å². The number of thiazole rings is 1. The Bertz CT molecular complexity index is 1260. The summed E-state index contributed by atoms with van der Waals surface area (Å²) in [4.78, 5) is 31.6. The summed E-state index contributed by atoms with van der Waals surface area (Å²) in [5.41, 5.74) is 0.986. The van der Waals surface area contributed by atoms with Crippen LogP contribution >= 0.6 is 47.1 Å². The van der Waals surface area contributed by atoms with Crippen molar-refractivity contribution in [2.75, 3.05) is 18.0 Å². The Hall–Kier alpha value is -2.07. The molecule has 9 heteroatoms. The molecule has 30 heavy (non-hydrogen) atoms. The van der Waals surface area contributed by atoms with Gasteiger partial charge in [0.05, 0.1) is 5.69 Å². The van der Waals surface area contributed by atoms with Crippen LogP contribution in [-0.2, 0) is 11.3 Å². The fourth-order valence-electron chi connectivity index (χ4n) is 3.34. The van der Waals surface area contributed by atoms with Gasteiger partial charge in [-0.25, -0.2) is 0 Å². The van der Waals surface area contributed by atoms with Gasteiger partial charge in [0.25, 0.3) is 11.5 Å². The lowest BCUT2D eigenvalue weighted by atomic mass is 10.3. The van der Waals surface area contributed by atoms with Crippen molar-refractivity contribution < 1.29 is 4.79 Å². The number of anilines is 1. The minimum absolute atomic E-state index is 0.113. The molecule has 2 aromatic rings. The summed E-state index contributed by atoms with van der Waals surface area (Å²) < 4.78 is 3.35. The van der Waals surface area contributed by atoms with Crippen molar-refractivity contribution in [1.82, 2.24) is 9.47 Å². The van der Waals surface area contributed by atoms with E-state index < -0.39 is 0 Å². The Balaban J connectivity index is 1.99. The number of amides is 1. The summed E-state index contributed by atoms with van der Waals surface area (Å²) in [5.74, 6) is -0.185. The highest BCUT2D eigenvalue weighted by Gasteiger charge is 2.34. The third kappa shape index (κ3) is 3.39. The highest BCUT2D eigenvalue weighted by atomic mass is 32.2. The highest BCUT2D eigenvalue weighted by Crippen LogP contribution is 2.45. The third-order valence-corrected chi connectivity index (χ3v) is 8.74. The number of carbonyl (C=O) groups excluding carboxylic acids is 1. The number of hydrogen-bond acceptors (Lipinski definition) is 7. The quantitative estimate of drug-likeness (QED) is 0.492. The van der Waals surface area contributed by atoms with Crippen molar-refractivity contribution in [1.29, 1.82) is 0 Å². The highest BCUT2D eigenvalue weighted by molar-refractivity contribution is 8.30. The zero-order valence-corrected chi connectivity index (χ0v) is 19.6. The van der Waals surface area contributed by atoms with Gasteiger partial charge in [-0.1, -0.05) is 60.0 Å². The molecular formula is C21H19N3O2S4.